The number of nitrogens with one attached hydrogen (secondary N) is 3. The number of nitrogens with zero attached hydrogens (tertiary/aromatic N) is 1. The standard InChI is InChI=1S/C24H28N4O3/c1-4-22(29)28-15-19(13-17(28)3)23(30)25-14-18-9-11-20(12-10-18)26-24(31)27-21-8-6-5-7-16(21)2/h5-13,17H,4,14-15H2,1-3H3,(H,25,30)(H2,26,27,31). The molecule has 0 aliphatic carbocycles. The molecule has 1 atom stereocenters. The molecule has 3 N–H and O–H groups in total. The highest BCUT2D eigenvalue weighted by atomic mass is 16.2. The smallest absolute Gasteiger partial charge is 0.323 e. The Morgan fingerprint density at radius 3 is 2.42 bits per heavy atom. The number of urea groups is 1. The van der Waals surface area contributed by atoms with E-state index in [2.05, 4.69) is 16.0 Å². The highest BCUT2D eigenvalue weighted by Gasteiger charge is 2.27. The SMILES string of the molecule is CCC(=O)N1CC(C(=O)NCc2ccc(NC(=O)Nc3ccccc3C)cc2)=CC1C. The van der Waals surface area contributed by atoms with Gasteiger partial charge in [-0.1, -0.05) is 43.3 Å². The number of hydrogen-bond acceptors (Lipinski definition) is 3. The van der Waals surface area contributed by atoms with Gasteiger partial charge in [0.15, 0.2) is 0 Å². The summed E-state index contributed by atoms with van der Waals surface area (Å²) in [5.74, 6) is -0.126. The molecule has 1 unspecified atom stereocenters. The molecule has 162 valence electrons. The molecule has 0 aromatic heterocycles. The van der Waals surface area contributed by atoms with E-state index in [1.165, 1.54) is 0 Å². The third-order valence-electron chi connectivity index (χ3n) is 5.25. The van der Waals surface area contributed by atoms with Gasteiger partial charge in [-0.25, -0.2) is 4.79 Å². The highest BCUT2D eigenvalue weighted by Crippen LogP contribution is 2.18. The van der Waals surface area contributed by atoms with Gasteiger partial charge in [0.2, 0.25) is 11.8 Å². The van der Waals surface area contributed by atoms with Crippen molar-refractivity contribution in [2.24, 2.45) is 0 Å². The summed E-state index contributed by atoms with van der Waals surface area (Å²) < 4.78 is 0. The number of carbonyl (C=O) groups is 3. The Bertz CT molecular complexity index is 998. The molecule has 0 saturated carbocycles. The Labute approximate surface area is 182 Å². The molecule has 7 heteroatoms. The first-order chi connectivity index (χ1) is 14.9. The Balaban J connectivity index is 1.49. The fourth-order valence-corrected chi connectivity index (χ4v) is 3.43. The zero-order chi connectivity index (χ0) is 22.4. The van der Waals surface area contributed by atoms with Crippen molar-refractivity contribution in [3.63, 3.8) is 0 Å². The van der Waals surface area contributed by atoms with Gasteiger partial charge in [-0.15, -0.1) is 0 Å². The molecular formula is C24H28N4O3. The summed E-state index contributed by atoms with van der Waals surface area (Å²) in [5.41, 5.74) is 3.92. The van der Waals surface area contributed by atoms with Crippen molar-refractivity contribution in [3.8, 4) is 0 Å². The van der Waals surface area contributed by atoms with Crippen LogP contribution >= 0.6 is 0 Å². The first kappa shape index (κ1) is 22.1. The van der Waals surface area contributed by atoms with Crippen LogP contribution in [-0.2, 0) is 16.1 Å². The minimum absolute atomic E-state index is 0.0427. The molecule has 31 heavy (non-hydrogen) atoms. The van der Waals surface area contributed by atoms with E-state index in [1.54, 1.807) is 17.0 Å². The molecule has 0 saturated heterocycles. The molecule has 0 bridgehead atoms. The van der Waals surface area contributed by atoms with Gasteiger partial charge in [0.1, 0.15) is 0 Å². The Hall–Kier alpha value is -3.61. The monoisotopic (exact) mass is 420 g/mol. The van der Waals surface area contributed by atoms with Crippen molar-refractivity contribution in [1.82, 2.24) is 10.2 Å². The van der Waals surface area contributed by atoms with Gasteiger partial charge in [0, 0.05) is 36.0 Å². The normalized spacial score (nSPS) is 15.3. The van der Waals surface area contributed by atoms with Crippen LogP contribution in [-0.4, -0.2) is 35.3 Å². The molecule has 0 spiro atoms. The molecular weight excluding hydrogens is 392 g/mol. The summed E-state index contributed by atoms with van der Waals surface area (Å²) in [5, 5.41) is 8.51. The molecule has 1 aliphatic heterocycles. The van der Waals surface area contributed by atoms with E-state index in [1.807, 2.05) is 63.2 Å². The van der Waals surface area contributed by atoms with E-state index in [-0.39, 0.29) is 23.9 Å². The van der Waals surface area contributed by atoms with E-state index in [9.17, 15) is 14.4 Å². The minimum atomic E-state index is -0.316. The Morgan fingerprint density at radius 2 is 1.74 bits per heavy atom. The maximum Gasteiger partial charge on any atom is 0.323 e. The predicted octanol–water partition coefficient (Wildman–Crippen LogP) is 3.82. The zero-order valence-corrected chi connectivity index (χ0v) is 18.1. The fourth-order valence-electron chi connectivity index (χ4n) is 3.43. The first-order valence-electron chi connectivity index (χ1n) is 10.4. The van der Waals surface area contributed by atoms with Gasteiger partial charge < -0.3 is 20.9 Å². The third kappa shape index (κ3) is 5.72. The Kier molecular flexibility index (Phi) is 7.07. The lowest BCUT2D eigenvalue weighted by atomic mass is 10.2. The lowest BCUT2D eigenvalue weighted by Gasteiger charge is -2.20. The van der Waals surface area contributed by atoms with Crippen LogP contribution in [0.5, 0.6) is 0 Å². The zero-order valence-electron chi connectivity index (χ0n) is 18.1. The molecule has 3 rings (SSSR count). The number of anilines is 2. The average molecular weight is 421 g/mol. The quantitative estimate of drug-likeness (QED) is 0.664. The largest absolute Gasteiger partial charge is 0.348 e. The molecule has 0 radical (unpaired) electrons. The summed E-state index contributed by atoms with van der Waals surface area (Å²) in [7, 11) is 0. The third-order valence-corrected chi connectivity index (χ3v) is 5.25. The molecule has 1 heterocycles. The van der Waals surface area contributed by atoms with Crippen LogP contribution in [0.2, 0.25) is 0 Å². The number of carbonyl (C=O) groups excluding carboxylic acids is 3. The lowest BCUT2D eigenvalue weighted by Crippen LogP contribution is -2.35. The van der Waals surface area contributed by atoms with Crippen LogP contribution in [0.1, 0.15) is 31.4 Å². The van der Waals surface area contributed by atoms with E-state index in [0.717, 1.165) is 16.8 Å². The maximum atomic E-state index is 12.5. The molecule has 2 aromatic carbocycles. The molecule has 4 amide bonds. The fraction of sp³-hybridized carbons (Fsp3) is 0.292. The van der Waals surface area contributed by atoms with Gasteiger partial charge >= 0.3 is 6.03 Å². The van der Waals surface area contributed by atoms with Crippen molar-refractivity contribution < 1.29 is 14.4 Å². The Morgan fingerprint density at radius 1 is 1.03 bits per heavy atom. The van der Waals surface area contributed by atoms with E-state index in [4.69, 9.17) is 0 Å². The number of hydrogen-bond donors (Lipinski definition) is 3. The van der Waals surface area contributed by atoms with E-state index in [0.29, 0.717) is 30.8 Å². The summed E-state index contributed by atoms with van der Waals surface area (Å²) in [6.07, 6.45) is 2.26. The van der Waals surface area contributed by atoms with Crippen LogP contribution in [0.15, 0.2) is 60.2 Å². The number of benzene rings is 2. The summed E-state index contributed by atoms with van der Waals surface area (Å²) >= 11 is 0. The minimum Gasteiger partial charge on any atom is -0.348 e. The van der Waals surface area contributed by atoms with Crippen LogP contribution < -0.4 is 16.0 Å². The molecule has 2 aromatic rings. The first-order valence-corrected chi connectivity index (χ1v) is 10.4. The van der Waals surface area contributed by atoms with Crippen LogP contribution in [0.25, 0.3) is 0 Å². The number of aryl methyl sites for hydroxylation is 1. The van der Waals surface area contributed by atoms with Gasteiger partial charge in [-0.05, 0) is 43.2 Å². The second kappa shape index (κ2) is 9.93. The second-order valence-corrected chi connectivity index (χ2v) is 7.58. The highest BCUT2D eigenvalue weighted by molar-refractivity contribution is 6.00. The van der Waals surface area contributed by atoms with Gasteiger partial charge in [-0.3, -0.25) is 9.59 Å². The number of amides is 4. The van der Waals surface area contributed by atoms with Gasteiger partial charge in [-0.2, -0.15) is 0 Å². The summed E-state index contributed by atoms with van der Waals surface area (Å²) in [6, 6.07) is 14.5. The molecule has 7 nitrogen and oxygen atoms in total. The van der Waals surface area contributed by atoms with Gasteiger partial charge in [0.25, 0.3) is 0 Å². The second-order valence-electron chi connectivity index (χ2n) is 7.58. The van der Waals surface area contributed by atoms with Gasteiger partial charge in [0.05, 0.1) is 6.54 Å². The molecule has 1 aliphatic rings. The van der Waals surface area contributed by atoms with Crippen molar-refractivity contribution in [1.29, 1.82) is 0 Å². The number of rotatable bonds is 6. The van der Waals surface area contributed by atoms with Crippen molar-refractivity contribution >= 4 is 29.2 Å². The average Bonchev–Trinajstić information content (AvgIpc) is 3.16. The maximum absolute atomic E-state index is 12.5. The molecule has 0 fully saturated rings. The summed E-state index contributed by atoms with van der Waals surface area (Å²) in [6.45, 7) is 6.37. The van der Waals surface area contributed by atoms with Crippen LogP contribution in [0.3, 0.4) is 0 Å². The van der Waals surface area contributed by atoms with Crippen molar-refractivity contribution in [2.75, 3.05) is 17.2 Å². The predicted molar refractivity (Wildman–Crippen MR) is 122 cm³/mol. The van der Waals surface area contributed by atoms with E-state index >= 15 is 0 Å². The number of para-hydroxylation sites is 1. The lowest BCUT2D eigenvalue weighted by molar-refractivity contribution is -0.131. The van der Waals surface area contributed by atoms with Crippen molar-refractivity contribution in [3.05, 3.63) is 71.3 Å². The van der Waals surface area contributed by atoms with Crippen LogP contribution in [0.4, 0.5) is 16.2 Å². The van der Waals surface area contributed by atoms with Crippen molar-refractivity contribution in [2.45, 2.75) is 39.8 Å². The summed E-state index contributed by atoms with van der Waals surface area (Å²) in [4.78, 5) is 38.3. The topological polar surface area (TPSA) is 90.5 Å². The van der Waals surface area contributed by atoms with Crippen LogP contribution in [0, 0.1) is 6.92 Å². The van der Waals surface area contributed by atoms with E-state index < -0.39 is 0 Å².